The molecule has 0 spiro atoms. The Balaban J connectivity index is 0.000000345. The van der Waals surface area contributed by atoms with Gasteiger partial charge in [-0.25, -0.2) is 0 Å². The van der Waals surface area contributed by atoms with Crippen LogP contribution in [0.15, 0.2) is 54.6 Å². The van der Waals surface area contributed by atoms with Crippen LogP contribution in [0.5, 0.6) is 0 Å². The van der Waals surface area contributed by atoms with Crippen LogP contribution in [0.2, 0.25) is 0 Å². The molecule has 6 N–H and O–H groups in total. The third kappa shape index (κ3) is 5.90. The minimum absolute atomic E-state index is 0. The molecule has 5 nitrogen and oxygen atoms in total. The van der Waals surface area contributed by atoms with Crippen LogP contribution in [0, 0.1) is 0 Å². The van der Waals surface area contributed by atoms with Gasteiger partial charge in [-0.3, -0.25) is 0 Å². The lowest BCUT2D eigenvalue weighted by Gasteiger charge is -2.01. The van der Waals surface area contributed by atoms with Gasteiger partial charge in [0.1, 0.15) is 0 Å². The third-order valence-electron chi connectivity index (χ3n) is 2.37. The van der Waals surface area contributed by atoms with Crippen LogP contribution in [0.3, 0.4) is 0 Å². The number of anilines is 1. The van der Waals surface area contributed by atoms with Gasteiger partial charge < -0.3 is 25.8 Å². The Bertz CT molecular complexity index is 495. The van der Waals surface area contributed by atoms with Gasteiger partial charge in [0.2, 0.25) is 0 Å². The summed E-state index contributed by atoms with van der Waals surface area (Å²) in [4.78, 5) is 0. The van der Waals surface area contributed by atoms with Crippen molar-refractivity contribution in [3.63, 3.8) is 0 Å². The Hall–Kier alpha value is -1.79. The first-order chi connectivity index (χ1) is 9.02. The molecule has 0 saturated heterocycles. The SMILES string of the molecule is C.Nc1ccccc1B(O)O.OB(O)c1ccccc1. The number of hydrogen-bond acceptors (Lipinski definition) is 5. The average Bonchev–Trinajstić information content (AvgIpc) is 2.40. The third-order valence-corrected chi connectivity index (χ3v) is 2.37. The van der Waals surface area contributed by atoms with Crippen LogP contribution in [0.1, 0.15) is 7.43 Å². The van der Waals surface area contributed by atoms with Crippen LogP contribution in [0.25, 0.3) is 0 Å². The zero-order valence-electron chi connectivity index (χ0n) is 10.2. The predicted octanol–water partition coefficient (Wildman–Crippen LogP) is -1.05. The van der Waals surface area contributed by atoms with E-state index in [9.17, 15) is 0 Å². The summed E-state index contributed by atoms with van der Waals surface area (Å²) < 4.78 is 0. The monoisotopic (exact) mass is 275 g/mol. The van der Waals surface area contributed by atoms with Crippen molar-refractivity contribution < 1.29 is 20.1 Å². The lowest BCUT2D eigenvalue weighted by atomic mass is 9.79. The first-order valence-electron chi connectivity index (χ1n) is 5.64. The van der Waals surface area contributed by atoms with E-state index in [0.29, 0.717) is 16.6 Å². The van der Waals surface area contributed by atoms with E-state index in [1.165, 1.54) is 0 Å². The van der Waals surface area contributed by atoms with Crippen LogP contribution in [-0.2, 0) is 0 Å². The van der Waals surface area contributed by atoms with Gasteiger partial charge in [-0.15, -0.1) is 0 Å². The molecule has 0 aliphatic heterocycles. The second-order valence-electron chi connectivity index (χ2n) is 3.79. The molecule has 0 aliphatic rings. The smallest absolute Gasteiger partial charge is 0.423 e. The molecule has 20 heavy (non-hydrogen) atoms. The van der Waals surface area contributed by atoms with Crippen molar-refractivity contribution in [3.05, 3.63) is 54.6 Å². The normalized spacial score (nSPS) is 8.80. The molecule has 0 heterocycles. The van der Waals surface area contributed by atoms with E-state index in [1.54, 1.807) is 48.5 Å². The summed E-state index contributed by atoms with van der Waals surface area (Å²) in [5.41, 5.74) is 6.68. The molecule has 0 radical (unpaired) electrons. The van der Waals surface area contributed by atoms with Crippen LogP contribution in [-0.4, -0.2) is 34.3 Å². The van der Waals surface area contributed by atoms with E-state index in [1.807, 2.05) is 6.07 Å². The van der Waals surface area contributed by atoms with Gasteiger partial charge in [-0.1, -0.05) is 56.0 Å². The number of rotatable bonds is 2. The highest BCUT2D eigenvalue weighted by molar-refractivity contribution is 6.60. The molecule has 0 amide bonds. The maximum atomic E-state index is 8.68. The molecule has 2 rings (SSSR count). The van der Waals surface area contributed by atoms with Crippen molar-refractivity contribution in [1.29, 1.82) is 0 Å². The molecule has 0 saturated carbocycles. The molecule has 0 bridgehead atoms. The highest BCUT2D eigenvalue weighted by atomic mass is 16.4. The zero-order valence-corrected chi connectivity index (χ0v) is 10.2. The molecule has 0 unspecified atom stereocenters. The fourth-order valence-electron chi connectivity index (χ4n) is 1.37. The molecule has 2 aromatic carbocycles. The molecule has 2 aromatic rings. The highest BCUT2D eigenvalue weighted by Crippen LogP contribution is 1.96. The van der Waals surface area contributed by atoms with Crippen molar-refractivity contribution in [1.82, 2.24) is 0 Å². The van der Waals surface area contributed by atoms with Gasteiger partial charge in [0.25, 0.3) is 0 Å². The average molecular weight is 275 g/mol. The topological polar surface area (TPSA) is 107 Å². The molecule has 0 aliphatic carbocycles. The standard InChI is InChI=1S/C6H8BNO2.C6H7BO2.CH4/c8-6-4-2-1-3-5(6)7(9)10;8-7(9)6-4-2-1-3-5-6;/h1-4,9-10H,8H2;1-5,8-9H;1H4. The Kier molecular flexibility index (Phi) is 8.35. The van der Waals surface area contributed by atoms with Gasteiger partial charge in [-0.05, 0) is 11.5 Å². The summed E-state index contributed by atoms with van der Waals surface area (Å²) in [5.74, 6) is 0. The number of benzene rings is 2. The second-order valence-corrected chi connectivity index (χ2v) is 3.79. The lowest BCUT2D eigenvalue weighted by molar-refractivity contribution is 0.424. The Morgan fingerprint density at radius 2 is 1.20 bits per heavy atom. The van der Waals surface area contributed by atoms with Crippen molar-refractivity contribution in [2.24, 2.45) is 0 Å². The van der Waals surface area contributed by atoms with Gasteiger partial charge in [0.05, 0.1) is 0 Å². The molecule has 0 atom stereocenters. The van der Waals surface area contributed by atoms with Crippen LogP contribution in [0.4, 0.5) is 5.69 Å². The Labute approximate surface area is 119 Å². The summed E-state index contributed by atoms with van der Waals surface area (Å²) in [6.45, 7) is 0. The van der Waals surface area contributed by atoms with E-state index >= 15 is 0 Å². The summed E-state index contributed by atoms with van der Waals surface area (Å²) >= 11 is 0. The van der Waals surface area contributed by atoms with Crippen LogP contribution < -0.4 is 16.7 Å². The molecular formula is C13H19B2NO4. The highest BCUT2D eigenvalue weighted by Gasteiger charge is 2.12. The summed E-state index contributed by atoms with van der Waals surface area (Å²) in [5, 5.41) is 34.5. The van der Waals surface area contributed by atoms with E-state index < -0.39 is 14.2 Å². The Morgan fingerprint density at radius 1 is 0.700 bits per heavy atom. The molecule has 106 valence electrons. The molecule has 7 heteroatoms. The molecule has 0 aromatic heterocycles. The maximum Gasteiger partial charge on any atom is 0.490 e. The van der Waals surface area contributed by atoms with Crippen molar-refractivity contribution >= 4 is 30.8 Å². The summed E-state index contributed by atoms with van der Waals surface area (Å²) in [6, 6.07) is 15.3. The molecule has 0 fully saturated rings. The van der Waals surface area contributed by atoms with Crippen molar-refractivity contribution in [3.8, 4) is 0 Å². The number of para-hydroxylation sites is 1. The minimum Gasteiger partial charge on any atom is -0.423 e. The molecular weight excluding hydrogens is 256 g/mol. The van der Waals surface area contributed by atoms with Crippen molar-refractivity contribution in [2.45, 2.75) is 7.43 Å². The van der Waals surface area contributed by atoms with Crippen molar-refractivity contribution in [2.75, 3.05) is 5.73 Å². The van der Waals surface area contributed by atoms with Crippen LogP contribution >= 0.6 is 0 Å². The summed E-state index contributed by atoms with van der Waals surface area (Å²) in [7, 11) is -2.81. The predicted molar refractivity (Wildman–Crippen MR) is 83.7 cm³/mol. The first-order valence-corrected chi connectivity index (χ1v) is 5.64. The van der Waals surface area contributed by atoms with E-state index in [-0.39, 0.29) is 7.43 Å². The number of nitrogen functional groups attached to an aromatic ring is 1. The van der Waals surface area contributed by atoms with E-state index in [0.717, 1.165) is 0 Å². The fraction of sp³-hybridized carbons (Fsp3) is 0.0769. The van der Waals surface area contributed by atoms with E-state index in [4.69, 9.17) is 25.8 Å². The van der Waals surface area contributed by atoms with Gasteiger partial charge >= 0.3 is 14.2 Å². The summed E-state index contributed by atoms with van der Waals surface area (Å²) in [6.07, 6.45) is 0. The second kappa shape index (κ2) is 9.17. The maximum absolute atomic E-state index is 8.68. The Morgan fingerprint density at radius 3 is 1.55 bits per heavy atom. The first kappa shape index (κ1) is 18.2. The van der Waals surface area contributed by atoms with Gasteiger partial charge in [0.15, 0.2) is 0 Å². The number of hydrogen-bond donors (Lipinski definition) is 5. The van der Waals surface area contributed by atoms with Gasteiger partial charge in [0, 0.05) is 11.2 Å². The van der Waals surface area contributed by atoms with E-state index in [2.05, 4.69) is 0 Å². The largest absolute Gasteiger partial charge is 0.490 e. The minimum atomic E-state index is -1.47. The number of nitrogens with two attached hydrogens (primary N) is 1. The quantitative estimate of drug-likeness (QED) is 0.355. The fourth-order valence-corrected chi connectivity index (χ4v) is 1.37. The van der Waals surface area contributed by atoms with Gasteiger partial charge in [-0.2, -0.15) is 0 Å². The lowest BCUT2D eigenvalue weighted by Crippen LogP contribution is -2.31. The zero-order chi connectivity index (χ0) is 14.3.